The van der Waals surface area contributed by atoms with Crippen LogP contribution in [0.25, 0.3) is 11.2 Å². The third-order valence-corrected chi connectivity index (χ3v) is 7.03. The predicted octanol–water partition coefficient (Wildman–Crippen LogP) is 4.73. The summed E-state index contributed by atoms with van der Waals surface area (Å²) in [4.78, 5) is 19.7. The van der Waals surface area contributed by atoms with Gasteiger partial charge in [0.25, 0.3) is 0 Å². The zero-order valence-electron chi connectivity index (χ0n) is 22.5. The molecule has 0 aromatic carbocycles. The minimum atomic E-state index is -0.300. The average molecular weight is 510 g/mol. The molecule has 1 aliphatic heterocycles. The number of ether oxygens (including phenoxy) is 3. The minimum Gasteiger partial charge on any atom is -0.499 e. The van der Waals surface area contributed by atoms with Gasteiger partial charge in [-0.3, -0.25) is 0 Å². The van der Waals surface area contributed by atoms with Crippen LogP contribution >= 0.6 is 0 Å². The molecule has 2 fully saturated rings. The number of aromatic nitrogens is 3. The number of hydrogen-bond acceptors (Lipinski definition) is 7. The highest BCUT2D eigenvalue weighted by molar-refractivity contribution is 5.79. The Morgan fingerprint density at radius 1 is 1.19 bits per heavy atom. The first kappa shape index (κ1) is 26.7. The summed E-state index contributed by atoms with van der Waals surface area (Å²) in [5.41, 5.74) is 5.28. The van der Waals surface area contributed by atoms with Crippen molar-refractivity contribution >= 4 is 23.0 Å². The Morgan fingerprint density at radius 3 is 2.68 bits per heavy atom. The van der Waals surface area contributed by atoms with Gasteiger partial charge >= 0.3 is 6.09 Å². The summed E-state index contributed by atoms with van der Waals surface area (Å²) in [6.07, 6.45) is 11.7. The molecule has 1 amide bonds. The Labute approximate surface area is 219 Å². The average Bonchev–Trinajstić information content (AvgIpc) is 3.48. The molecule has 4 rings (SSSR count). The molecule has 1 saturated heterocycles. The number of fused-ring (bicyclic) bond motifs is 1. The Hall–Kier alpha value is -3.33. The number of methoxy groups -OCH3 is 2. The molecule has 0 bridgehead atoms. The maximum Gasteiger partial charge on any atom is 0.407 e. The van der Waals surface area contributed by atoms with Gasteiger partial charge in [0.1, 0.15) is 18.5 Å². The molecule has 2 aromatic heterocycles. The fourth-order valence-electron chi connectivity index (χ4n) is 5.17. The molecule has 2 aromatic rings. The lowest BCUT2D eigenvalue weighted by Crippen LogP contribution is -2.39. The summed E-state index contributed by atoms with van der Waals surface area (Å²) in [5, 5.41) is 7.86. The Balaban J connectivity index is 1.55. The highest BCUT2D eigenvalue weighted by Gasteiger charge is 2.28. The van der Waals surface area contributed by atoms with E-state index in [1.807, 2.05) is 30.5 Å². The van der Waals surface area contributed by atoms with Crippen molar-refractivity contribution in [1.82, 2.24) is 19.9 Å². The first-order valence-corrected chi connectivity index (χ1v) is 13.1. The van der Waals surface area contributed by atoms with E-state index in [1.165, 1.54) is 6.42 Å². The Kier molecular flexibility index (Phi) is 8.87. The van der Waals surface area contributed by atoms with E-state index in [1.54, 1.807) is 20.3 Å². The van der Waals surface area contributed by atoms with E-state index < -0.39 is 0 Å². The molecule has 1 saturated carbocycles. The highest BCUT2D eigenvalue weighted by Crippen LogP contribution is 2.30. The SMILES string of the molecule is C=C/C(=C\C=C(/COC)OC)c1c(C)nc2c(N3CCC(NC(=O)OC4CCCCC4)C3)cc(C)nn12. The van der Waals surface area contributed by atoms with Crippen LogP contribution in [0.2, 0.25) is 0 Å². The minimum absolute atomic E-state index is 0.0298. The van der Waals surface area contributed by atoms with E-state index in [0.29, 0.717) is 18.9 Å². The van der Waals surface area contributed by atoms with Crippen LogP contribution in [-0.4, -0.2) is 66.8 Å². The van der Waals surface area contributed by atoms with Crippen LogP contribution in [0.4, 0.5) is 10.5 Å². The Bertz CT molecular complexity index is 1180. The fraction of sp³-hybridized carbons (Fsp3) is 0.536. The quantitative estimate of drug-likeness (QED) is 0.386. The number of amides is 1. The second-order valence-corrected chi connectivity index (χ2v) is 9.79. The van der Waals surface area contributed by atoms with E-state index >= 15 is 0 Å². The van der Waals surface area contributed by atoms with Crippen LogP contribution in [0.15, 0.2) is 36.6 Å². The number of aryl methyl sites for hydroxylation is 2. The fourth-order valence-corrected chi connectivity index (χ4v) is 5.17. The molecule has 1 unspecified atom stereocenters. The van der Waals surface area contributed by atoms with Crippen LogP contribution < -0.4 is 10.2 Å². The maximum atomic E-state index is 12.5. The second-order valence-electron chi connectivity index (χ2n) is 9.79. The van der Waals surface area contributed by atoms with Gasteiger partial charge in [-0.15, -0.1) is 0 Å². The van der Waals surface area contributed by atoms with Gasteiger partial charge in [0, 0.05) is 25.8 Å². The monoisotopic (exact) mass is 509 g/mol. The molecular weight excluding hydrogens is 470 g/mol. The summed E-state index contributed by atoms with van der Waals surface area (Å²) in [6, 6.07) is 2.09. The number of hydrogen-bond donors (Lipinski definition) is 1. The normalized spacial score (nSPS) is 19.4. The molecule has 9 heteroatoms. The number of carbonyl (C=O) groups excluding carboxylic acids is 1. The molecule has 2 aliphatic rings. The highest BCUT2D eigenvalue weighted by atomic mass is 16.6. The smallest absolute Gasteiger partial charge is 0.407 e. The Morgan fingerprint density at radius 2 is 1.97 bits per heavy atom. The summed E-state index contributed by atoms with van der Waals surface area (Å²) >= 11 is 0. The summed E-state index contributed by atoms with van der Waals surface area (Å²) in [6.45, 7) is 9.86. The van der Waals surface area contributed by atoms with Gasteiger partial charge in [-0.1, -0.05) is 19.1 Å². The van der Waals surface area contributed by atoms with Crippen molar-refractivity contribution in [2.75, 3.05) is 38.8 Å². The summed E-state index contributed by atoms with van der Waals surface area (Å²) in [5.74, 6) is 0.704. The van der Waals surface area contributed by atoms with Gasteiger partial charge in [0.2, 0.25) is 0 Å². The number of carbonyl (C=O) groups is 1. The molecule has 0 radical (unpaired) electrons. The molecule has 200 valence electrons. The molecule has 1 aliphatic carbocycles. The molecule has 1 atom stereocenters. The standard InChI is InChI=1S/C28H39N5O4/c1-6-21(12-13-24(36-5)18-35-4)26-20(3)29-27-25(16-19(2)31-33(26)27)32-15-14-22(17-32)30-28(34)37-23-10-8-7-9-11-23/h6,12-13,16,22-23H,1,7-11,14-15,17-18H2,2-5H3,(H,30,34)/b21-12+,24-13+. The second kappa shape index (κ2) is 12.3. The van der Waals surface area contributed by atoms with Crippen molar-refractivity contribution < 1.29 is 19.0 Å². The van der Waals surface area contributed by atoms with E-state index in [-0.39, 0.29) is 18.2 Å². The van der Waals surface area contributed by atoms with Crippen molar-refractivity contribution in [3.63, 3.8) is 0 Å². The van der Waals surface area contributed by atoms with Crippen molar-refractivity contribution in [3.05, 3.63) is 53.7 Å². The summed E-state index contributed by atoms with van der Waals surface area (Å²) < 4.78 is 18.1. The number of rotatable bonds is 9. The van der Waals surface area contributed by atoms with Crippen LogP contribution in [0.3, 0.4) is 0 Å². The van der Waals surface area contributed by atoms with Crippen LogP contribution in [-0.2, 0) is 14.2 Å². The lowest BCUT2D eigenvalue weighted by atomic mass is 9.98. The van der Waals surface area contributed by atoms with Crippen LogP contribution in [0.5, 0.6) is 0 Å². The molecular formula is C28H39N5O4. The number of allylic oxidation sites excluding steroid dienone is 4. The van der Waals surface area contributed by atoms with Gasteiger partial charge in [-0.05, 0) is 64.2 Å². The van der Waals surface area contributed by atoms with Crippen molar-refractivity contribution in [2.24, 2.45) is 0 Å². The van der Waals surface area contributed by atoms with E-state index in [9.17, 15) is 4.79 Å². The third kappa shape index (κ3) is 6.33. The molecule has 1 N–H and O–H groups in total. The molecule has 0 spiro atoms. The molecule has 37 heavy (non-hydrogen) atoms. The van der Waals surface area contributed by atoms with Crippen molar-refractivity contribution in [2.45, 2.75) is 64.5 Å². The van der Waals surface area contributed by atoms with Crippen LogP contribution in [0, 0.1) is 13.8 Å². The first-order valence-electron chi connectivity index (χ1n) is 13.1. The van der Waals surface area contributed by atoms with Crippen LogP contribution in [0.1, 0.15) is 55.6 Å². The maximum absolute atomic E-state index is 12.5. The number of alkyl carbamates (subject to hydrolysis) is 1. The van der Waals surface area contributed by atoms with E-state index in [0.717, 1.165) is 72.6 Å². The zero-order valence-corrected chi connectivity index (χ0v) is 22.5. The van der Waals surface area contributed by atoms with Gasteiger partial charge in [-0.25, -0.2) is 14.3 Å². The van der Waals surface area contributed by atoms with Gasteiger partial charge in [0.15, 0.2) is 5.65 Å². The predicted molar refractivity (Wildman–Crippen MR) is 145 cm³/mol. The van der Waals surface area contributed by atoms with Gasteiger partial charge in [-0.2, -0.15) is 5.10 Å². The van der Waals surface area contributed by atoms with Gasteiger partial charge < -0.3 is 24.4 Å². The van der Waals surface area contributed by atoms with Crippen molar-refractivity contribution in [1.29, 1.82) is 0 Å². The number of imidazole rings is 1. The third-order valence-electron chi connectivity index (χ3n) is 7.03. The van der Waals surface area contributed by atoms with E-state index in [4.69, 9.17) is 24.3 Å². The first-order chi connectivity index (χ1) is 17.9. The number of anilines is 1. The lowest BCUT2D eigenvalue weighted by Gasteiger charge is -2.23. The van der Waals surface area contributed by atoms with Crippen molar-refractivity contribution in [3.8, 4) is 0 Å². The number of nitrogens with zero attached hydrogens (tertiary/aromatic N) is 4. The largest absolute Gasteiger partial charge is 0.499 e. The molecule has 9 nitrogen and oxygen atoms in total. The zero-order chi connectivity index (χ0) is 26.4. The van der Waals surface area contributed by atoms with Gasteiger partial charge in [0.05, 0.1) is 35.9 Å². The topological polar surface area (TPSA) is 90.2 Å². The summed E-state index contributed by atoms with van der Waals surface area (Å²) in [7, 11) is 3.25. The number of nitrogens with one attached hydrogen (secondary N) is 1. The molecule has 3 heterocycles. The lowest BCUT2D eigenvalue weighted by molar-refractivity contribution is 0.0734. The van der Waals surface area contributed by atoms with E-state index in [2.05, 4.69) is 22.9 Å².